The third-order valence-corrected chi connectivity index (χ3v) is 5.59. The number of benzene rings is 1. The van der Waals surface area contributed by atoms with Crippen LogP contribution in [0.4, 0.5) is 4.39 Å². The summed E-state index contributed by atoms with van der Waals surface area (Å²) in [4.78, 5) is 0.125. The lowest BCUT2D eigenvalue weighted by Crippen LogP contribution is -2.34. The van der Waals surface area contributed by atoms with Crippen LogP contribution >= 0.6 is 12.4 Å². The number of rotatable bonds is 6. The molecule has 0 spiro atoms. The lowest BCUT2D eigenvalue weighted by molar-refractivity contribution is 0.397. The molecule has 0 saturated heterocycles. The Kier molecular flexibility index (Phi) is 7.98. The van der Waals surface area contributed by atoms with Crippen molar-refractivity contribution in [3.63, 3.8) is 0 Å². The molecule has 0 aliphatic heterocycles. The number of hydrogen-bond acceptors (Lipinski definition) is 3. The standard InChI is InChI=1S/C15H25FN2O2S.ClH/c1-10(2)14(17)6-7-18(5)21(19,20)13-8-11(3)15(16)12(4)9-13;/h8-10,14H,6-7,17H2,1-5H3;1H. The van der Waals surface area contributed by atoms with Gasteiger partial charge in [-0.25, -0.2) is 17.1 Å². The van der Waals surface area contributed by atoms with Gasteiger partial charge in [0, 0.05) is 19.6 Å². The molecule has 1 rings (SSSR count). The first-order valence-corrected chi connectivity index (χ1v) is 8.50. The second kappa shape index (κ2) is 8.24. The molecule has 7 heteroatoms. The molecule has 0 aromatic heterocycles. The van der Waals surface area contributed by atoms with Gasteiger partial charge in [-0.3, -0.25) is 0 Å². The van der Waals surface area contributed by atoms with Crippen molar-refractivity contribution in [2.24, 2.45) is 11.7 Å². The lowest BCUT2D eigenvalue weighted by Gasteiger charge is -2.21. The van der Waals surface area contributed by atoms with Crippen molar-refractivity contribution in [3.05, 3.63) is 29.1 Å². The molecular weight excluding hydrogens is 327 g/mol. The molecule has 0 fully saturated rings. The molecule has 22 heavy (non-hydrogen) atoms. The van der Waals surface area contributed by atoms with Crippen LogP contribution in [-0.2, 0) is 10.0 Å². The molecule has 4 nitrogen and oxygen atoms in total. The Bertz CT molecular complexity index is 583. The van der Waals surface area contributed by atoms with Crippen molar-refractivity contribution in [2.45, 2.75) is 45.1 Å². The van der Waals surface area contributed by atoms with Crippen molar-refractivity contribution in [2.75, 3.05) is 13.6 Å². The highest BCUT2D eigenvalue weighted by Crippen LogP contribution is 2.21. The third kappa shape index (κ3) is 4.91. The Balaban J connectivity index is 0.00000441. The zero-order chi connectivity index (χ0) is 16.4. The molecule has 2 N–H and O–H groups in total. The van der Waals surface area contributed by atoms with Crippen LogP contribution in [0, 0.1) is 25.6 Å². The Morgan fingerprint density at radius 1 is 1.23 bits per heavy atom. The fourth-order valence-corrected chi connectivity index (χ4v) is 3.38. The topological polar surface area (TPSA) is 63.4 Å². The van der Waals surface area contributed by atoms with Crippen LogP contribution in [0.1, 0.15) is 31.4 Å². The minimum Gasteiger partial charge on any atom is -0.327 e. The SMILES string of the molecule is Cc1cc(S(=O)(=O)N(C)CCC(N)C(C)C)cc(C)c1F.Cl. The van der Waals surface area contributed by atoms with E-state index in [0.29, 0.717) is 30.0 Å². The maximum atomic E-state index is 13.6. The molecule has 1 aromatic carbocycles. The number of sulfonamides is 1. The fourth-order valence-electron chi connectivity index (χ4n) is 2.02. The fraction of sp³-hybridized carbons (Fsp3) is 0.600. The predicted molar refractivity (Wildman–Crippen MR) is 90.4 cm³/mol. The summed E-state index contributed by atoms with van der Waals surface area (Å²) in [5.74, 6) is -0.0603. The molecule has 128 valence electrons. The normalized spacial score (nSPS) is 13.3. The van der Waals surface area contributed by atoms with Gasteiger partial charge in [0.1, 0.15) is 5.82 Å². The predicted octanol–water partition coefficient (Wildman–Crippen LogP) is 2.86. The van der Waals surface area contributed by atoms with E-state index in [1.807, 2.05) is 13.8 Å². The Labute approximate surface area is 139 Å². The van der Waals surface area contributed by atoms with Crippen LogP contribution in [0.2, 0.25) is 0 Å². The van der Waals surface area contributed by atoms with Gasteiger partial charge in [-0.05, 0) is 49.4 Å². The van der Waals surface area contributed by atoms with Gasteiger partial charge in [-0.15, -0.1) is 12.4 Å². The van der Waals surface area contributed by atoms with E-state index in [-0.39, 0.29) is 29.2 Å². The summed E-state index contributed by atoms with van der Waals surface area (Å²) < 4.78 is 39.9. The van der Waals surface area contributed by atoms with Gasteiger partial charge in [0.25, 0.3) is 0 Å². The molecule has 0 amide bonds. The van der Waals surface area contributed by atoms with E-state index in [4.69, 9.17) is 5.73 Å². The van der Waals surface area contributed by atoms with Crippen molar-refractivity contribution >= 4 is 22.4 Å². The van der Waals surface area contributed by atoms with Crippen molar-refractivity contribution in [1.29, 1.82) is 0 Å². The molecule has 0 aliphatic carbocycles. The number of nitrogens with zero attached hydrogens (tertiary/aromatic N) is 1. The summed E-state index contributed by atoms with van der Waals surface area (Å²) in [5, 5.41) is 0. The van der Waals surface area contributed by atoms with Gasteiger partial charge in [0.05, 0.1) is 4.90 Å². The first-order valence-electron chi connectivity index (χ1n) is 7.06. The smallest absolute Gasteiger partial charge is 0.242 e. The van der Waals surface area contributed by atoms with Gasteiger partial charge in [0.2, 0.25) is 10.0 Å². The molecule has 0 heterocycles. The second-order valence-corrected chi connectivity index (χ2v) is 7.94. The zero-order valence-corrected chi connectivity index (χ0v) is 15.4. The van der Waals surface area contributed by atoms with E-state index in [2.05, 4.69) is 0 Å². The van der Waals surface area contributed by atoms with E-state index in [0.717, 1.165) is 0 Å². The molecule has 0 saturated carbocycles. The van der Waals surface area contributed by atoms with E-state index in [1.165, 1.54) is 23.5 Å². The van der Waals surface area contributed by atoms with Crippen molar-refractivity contribution < 1.29 is 12.8 Å². The number of nitrogens with two attached hydrogens (primary N) is 1. The molecular formula is C15H26ClFN2O2S. The molecule has 1 atom stereocenters. The molecule has 0 aliphatic rings. The van der Waals surface area contributed by atoms with Crippen LogP contribution in [0.5, 0.6) is 0 Å². The maximum absolute atomic E-state index is 13.6. The number of aryl methyl sites for hydroxylation is 2. The number of halogens is 2. The van der Waals surface area contributed by atoms with Crippen molar-refractivity contribution in [3.8, 4) is 0 Å². The monoisotopic (exact) mass is 352 g/mol. The highest BCUT2D eigenvalue weighted by molar-refractivity contribution is 7.89. The minimum absolute atomic E-state index is 0. The average Bonchev–Trinajstić information content (AvgIpc) is 2.40. The Morgan fingerprint density at radius 3 is 2.09 bits per heavy atom. The van der Waals surface area contributed by atoms with Gasteiger partial charge in [-0.1, -0.05) is 13.8 Å². The summed E-state index contributed by atoms with van der Waals surface area (Å²) in [5.41, 5.74) is 6.61. The zero-order valence-electron chi connectivity index (χ0n) is 13.8. The molecule has 1 aromatic rings. The van der Waals surface area contributed by atoms with E-state index < -0.39 is 10.0 Å². The highest BCUT2D eigenvalue weighted by atomic mass is 35.5. The number of hydrogen-bond donors (Lipinski definition) is 1. The van der Waals surface area contributed by atoms with Gasteiger partial charge in [0.15, 0.2) is 0 Å². The van der Waals surface area contributed by atoms with Gasteiger partial charge in [-0.2, -0.15) is 0 Å². The summed E-state index contributed by atoms with van der Waals surface area (Å²) >= 11 is 0. The maximum Gasteiger partial charge on any atom is 0.242 e. The first kappa shape index (κ1) is 21.3. The summed E-state index contributed by atoms with van der Waals surface area (Å²) in [6, 6.07) is 2.70. The first-order chi connectivity index (χ1) is 9.57. The van der Waals surface area contributed by atoms with Crippen LogP contribution < -0.4 is 5.73 Å². The quantitative estimate of drug-likeness (QED) is 0.856. The van der Waals surface area contributed by atoms with Crippen LogP contribution in [0.25, 0.3) is 0 Å². The van der Waals surface area contributed by atoms with Crippen LogP contribution in [0.3, 0.4) is 0 Å². The molecule has 0 radical (unpaired) electrons. The third-order valence-electron chi connectivity index (χ3n) is 3.75. The van der Waals surface area contributed by atoms with Crippen LogP contribution in [0.15, 0.2) is 17.0 Å². The van der Waals surface area contributed by atoms with E-state index in [1.54, 1.807) is 13.8 Å². The summed E-state index contributed by atoms with van der Waals surface area (Å²) in [6.07, 6.45) is 0.590. The lowest BCUT2D eigenvalue weighted by atomic mass is 10.0. The van der Waals surface area contributed by atoms with E-state index >= 15 is 0 Å². The Morgan fingerprint density at radius 2 is 1.68 bits per heavy atom. The van der Waals surface area contributed by atoms with Gasteiger partial charge >= 0.3 is 0 Å². The highest BCUT2D eigenvalue weighted by Gasteiger charge is 2.23. The van der Waals surface area contributed by atoms with Crippen LogP contribution in [-0.4, -0.2) is 32.4 Å². The summed E-state index contributed by atoms with van der Waals surface area (Å²) in [6.45, 7) is 7.49. The largest absolute Gasteiger partial charge is 0.327 e. The van der Waals surface area contributed by atoms with E-state index in [9.17, 15) is 12.8 Å². The average molecular weight is 353 g/mol. The van der Waals surface area contributed by atoms with Gasteiger partial charge < -0.3 is 5.73 Å². The second-order valence-electron chi connectivity index (χ2n) is 5.89. The molecule has 0 bridgehead atoms. The summed E-state index contributed by atoms with van der Waals surface area (Å²) in [7, 11) is -2.09. The Hall–Kier alpha value is -0.690. The van der Waals surface area contributed by atoms with Crippen molar-refractivity contribution in [1.82, 2.24) is 4.31 Å². The molecule has 1 unspecified atom stereocenters. The minimum atomic E-state index is -3.61.